The minimum Gasteiger partial charge on any atom is -0.385 e. The molecule has 0 fully saturated rings. The third-order valence-corrected chi connectivity index (χ3v) is 2.04. The van der Waals surface area contributed by atoms with Crippen LogP contribution in [-0.2, 0) is 4.74 Å². The first kappa shape index (κ1) is 11.9. The zero-order valence-electron chi connectivity index (χ0n) is 8.31. The maximum atomic E-state index is 5.40. The minimum atomic E-state index is 0.472. The van der Waals surface area contributed by atoms with Gasteiger partial charge in [0.05, 0.1) is 0 Å². The van der Waals surface area contributed by atoms with E-state index >= 15 is 0 Å². The Hall–Kier alpha value is -0.120. The van der Waals surface area contributed by atoms with Gasteiger partial charge in [-0.3, -0.25) is 11.3 Å². The predicted octanol–water partition coefficient (Wildman–Crippen LogP) is 1.44. The van der Waals surface area contributed by atoms with Crippen LogP contribution in [0.5, 0.6) is 0 Å². The van der Waals surface area contributed by atoms with Gasteiger partial charge in [0.25, 0.3) is 0 Å². The van der Waals surface area contributed by atoms with Crippen molar-refractivity contribution in [1.82, 2.24) is 5.43 Å². The van der Waals surface area contributed by atoms with E-state index in [0.29, 0.717) is 6.04 Å². The maximum Gasteiger partial charge on any atom is 0.0462 e. The minimum absolute atomic E-state index is 0.472. The highest BCUT2D eigenvalue weighted by Gasteiger charge is 2.04. The summed E-state index contributed by atoms with van der Waals surface area (Å²) in [5.41, 5.74) is 2.84. The molecule has 0 aliphatic carbocycles. The predicted molar refractivity (Wildman–Crippen MR) is 51.7 cm³/mol. The first-order valence-electron chi connectivity index (χ1n) is 4.80. The molecule has 0 spiro atoms. The number of hydrogen-bond donors (Lipinski definition) is 2. The molecular weight excluding hydrogens is 152 g/mol. The first-order valence-corrected chi connectivity index (χ1v) is 4.80. The van der Waals surface area contributed by atoms with Gasteiger partial charge in [-0.05, 0) is 19.3 Å². The summed E-state index contributed by atoms with van der Waals surface area (Å²) < 4.78 is 4.97. The van der Waals surface area contributed by atoms with Crippen LogP contribution in [0.2, 0.25) is 0 Å². The summed E-state index contributed by atoms with van der Waals surface area (Å²) in [6.07, 6.45) is 5.88. The molecule has 3 nitrogen and oxygen atoms in total. The fourth-order valence-electron chi connectivity index (χ4n) is 1.24. The van der Waals surface area contributed by atoms with Gasteiger partial charge in [-0.25, -0.2) is 0 Å². The number of hydrogen-bond acceptors (Lipinski definition) is 3. The summed E-state index contributed by atoms with van der Waals surface area (Å²) >= 11 is 0. The largest absolute Gasteiger partial charge is 0.385 e. The molecule has 0 saturated carbocycles. The zero-order chi connectivity index (χ0) is 9.23. The highest BCUT2D eigenvalue weighted by molar-refractivity contribution is 4.62. The van der Waals surface area contributed by atoms with E-state index in [-0.39, 0.29) is 0 Å². The summed E-state index contributed by atoms with van der Waals surface area (Å²) in [7, 11) is 1.73. The second kappa shape index (κ2) is 8.97. The molecule has 0 aromatic heterocycles. The molecule has 12 heavy (non-hydrogen) atoms. The van der Waals surface area contributed by atoms with E-state index in [1.807, 2.05) is 0 Å². The van der Waals surface area contributed by atoms with Gasteiger partial charge in [0, 0.05) is 19.8 Å². The van der Waals surface area contributed by atoms with E-state index in [1.54, 1.807) is 7.11 Å². The van der Waals surface area contributed by atoms with Crippen molar-refractivity contribution in [3.63, 3.8) is 0 Å². The highest BCUT2D eigenvalue weighted by Crippen LogP contribution is 2.05. The molecule has 1 unspecified atom stereocenters. The highest BCUT2D eigenvalue weighted by atomic mass is 16.5. The van der Waals surface area contributed by atoms with Crippen LogP contribution in [0.4, 0.5) is 0 Å². The summed E-state index contributed by atoms with van der Waals surface area (Å²) in [5, 5.41) is 0. The van der Waals surface area contributed by atoms with E-state index in [9.17, 15) is 0 Å². The molecule has 3 heteroatoms. The molecule has 1 atom stereocenters. The van der Waals surface area contributed by atoms with Gasteiger partial charge >= 0.3 is 0 Å². The van der Waals surface area contributed by atoms with E-state index in [4.69, 9.17) is 10.6 Å². The molecule has 0 saturated heterocycles. The smallest absolute Gasteiger partial charge is 0.0462 e. The molecule has 3 N–H and O–H groups in total. The van der Waals surface area contributed by atoms with Gasteiger partial charge in [0.2, 0.25) is 0 Å². The fraction of sp³-hybridized carbons (Fsp3) is 1.00. The van der Waals surface area contributed by atoms with Gasteiger partial charge in [0.15, 0.2) is 0 Å². The normalized spacial score (nSPS) is 13.2. The van der Waals surface area contributed by atoms with Crippen LogP contribution < -0.4 is 11.3 Å². The second-order valence-electron chi connectivity index (χ2n) is 3.14. The van der Waals surface area contributed by atoms with Crippen molar-refractivity contribution in [1.29, 1.82) is 0 Å². The summed E-state index contributed by atoms with van der Waals surface area (Å²) in [6, 6.07) is 0.472. The van der Waals surface area contributed by atoms with Crippen molar-refractivity contribution in [3.8, 4) is 0 Å². The van der Waals surface area contributed by atoms with Crippen LogP contribution in [-0.4, -0.2) is 19.8 Å². The van der Waals surface area contributed by atoms with Crippen LogP contribution >= 0.6 is 0 Å². The van der Waals surface area contributed by atoms with Gasteiger partial charge in [-0.2, -0.15) is 0 Å². The lowest BCUT2D eigenvalue weighted by Crippen LogP contribution is -2.35. The summed E-state index contributed by atoms with van der Waals surface area (Å²) in [6.45, 7) is 3.03. The standard InChI is InChI=1S/C9H22N2O/c1-3-4-6-9(11-10)7-5-8-12-2/h9,11H,3-8,10H2,1-2H3. The van der Waals surface area contributed by atoms with Gasteiger partial charge in [0.1, 0.15) is 0 Å². The molecule has 0 radical (unpaired) electrons. The number of methoxy groups -OCH3 is 1. The third kappa shape index (κ3) is 6.58. The fourth-order valence-corrected chi connectivity index (χ4v) is 1.24. The second-order valence-corrected chi connectivity index (χ2v) is 3.14. The summed E-state index contributed by atoms with van der Waals surface area (Å²) in [4.78, 5) is 0. The lowest BCUT2D eigenvalue weighted by atomic mass is 10.1. The summed E-state index contributed by atoms with van der Waals surface area (Å²) in [5.74, 6) is 5.40. The Morgan fingerprint density at radius 2 is 2.00 bits per heavy atom. The van der Waals surface area contributed by atoms with Crippen LogP contribution in [0.25, 0.3) is 0 Å². The van der Waals surface area contributed by atoms with Crippen LogP contribution in [0.1, 0.15) is 39.0 Å². The topological polar surface area (TPSA) is 47.3 Å². The lowest BCUT2D eigenvalue weighted by molar-refractivity contribution is 0.188. The third-order valence-electron chi connectivity index (χ3n) is 2.04. The molecule has 0 heterocycles. The number of hydrazine groups is 1. The van der Waals surface area contributed by atoms with Crippen molar-refractivity contribution < 1.29 is 4.74 Å². The molecular formula is C9H22N2O. The SMILES string of the molecule is CCCCC(CCCOC)NN. The molecule has 0 aliphatic rings. The van der Waals surface area contributed by atoms with E-state index in [1.165, 1.54) is 19.3 Å². The molecule has 0 aliphatic heterocycles. The molecule has 0 aromatic carbocycles. The lowest BCUT2D eigenvalue weighted by Gasteiger charge is -2.14. The van der Waals surface area contributed by atoms with Crippen LogP contribution in [0, 0.1) is 0 Å². The van der Waals surface area contributed by atoms with Gasteiger partial charge in [-0.1, -0.05) is 19.8 Å². The van der Waals surface area contributed by atoms with E-state index in [2.05, 4.69) is 12.3 Å². The Bertz CT molecular complexity index is 88.6. The molecule has 0 rings (SSSR count). The van der Waals surface area contributed by atoms with Gasteiger partial charge in [-0.15, -0.1) is 0 Å². The van der Waals surface area contributed by atoms with Crippen LogP contribution in [0.15, 0.2) is 0 Å². The van der Waals surface area contributed by atoms with Gasteiger partial charge < -0.3 is 4.74 Å². The Kier molecular flexibility index (Phi) is 8.88. The zero-order valence-corrected chi connectivity index (χ0v) is 8.31. The van der Waals surface area contributed by atoms with Crippen molar-refractivity contribution in [2.45, 2.75) is 45.1 Å². The monoisotopic (exact) mass is 174 g/mol. The van der Waals surface area contributed by atoms with Crippen molar-refractivity contribution >= 4 is 0 Å². The number of nitrogens with two attached hydrogens (primary N) is 1. The van der Waals surface area contributed by atoms with E-state index < -0.39 is 0 Å². The number of unbranched alkanes of at least 4 members (excludes halogenated alkanes) is 1. The first-order chi connectivity index (χ1) is 5.85. The van der Waals surface area contributed by atoms with E-state index in [0.717, 1.165) is 19.4 Å². The quantitative estimate of drug-likeness (QED) is 0.332. The maximum absolute atomic E-state index is 5.40. The number of rotatable bonds is 8. The average Bonchev–Trinajstić information content (AvgIpc) is 2.11. The Morgan fingerprint density at radius 3 is 2.50 bits per heavy atom. The van der Waals surface area contributed by atoms with Crippen molar-refractivity contribution in [2.24, 2.45) is 5.84 Å². The molecule has 0 aromatic rings. The number of ether oxygens (including phenoxy) is 1. The molecule has 0 bridgehead atoms. The Labute approximate surface area is 75.6 Å². The molecule has 74 valence electrons. The van der Waals surface area contributed by atoms with Crippen molar-refractivity contribution in [3.05, 3.63) is 0 Å². The Morgan fingerprint density at radius 1 is 1.33 bits per heavy atom. The Balaban J connectivity index is 3.26. The van der Waals surface area contributed by atoms with Crippen LogP contribution in [0.3, 0.4) is 0 Å². The average molecular weight is 174 g/mol. The molecule has 0 amide bonds. The van der Waals surface area contributed by atoms with Crippen molar-refractivity contribution in [2.75, 3.05) is 13.7 Å². The number of nitrogens with one attached hydrogen (secondary N) is 1.